The highest BCUT2D eigenvalue weighted by molar-refractivity contribution is 6.18. The van der Waals surface area contributed by atoms with Crippen molar-refractivity contribution in [2.75, 3.05) is 6.54 Å². The third-order valence-corrected chi connectivity index (χ3v) is 4.98. The number of rotatable bonds is 4. The molecule has 3 aromatic rings. The summed E-state index contributed by atoms with van der Waals surface area (Å²) in [6.45, 7) is 3.69. The normalized spacial score (nSPS) is 17.0. The van der Waals surface area contributed by atoms with Gasteiger partial charge >= 0.3 is 0 Å². The molecule has 124 valence electrons. The molecule has 0 unspecified atom stereocenters. The molecule has 0 N–H and O–H groups in total. The van der Waals surface area contributed by atoms with Gasteiger partial charge in [-0.05, 0) is 43.4 Å². The number of nitrogens with zero attached hydrogens (tertiary/aromatic N) is 5. The second-order valence-electron chi connectivity index (χ2n) is 6.93. The van der Waals surface area contributed by atoms with Crippen LogP contribution in [0.2, 0.25) is 0 Å². The molecule has 1 aliphatic heterocycles. The molecule has 1 saturated carbocycles. The number of benzene rings is 2. The van der Waals surface area contributed by atoms with Gasteiger partial charge in [-0.2, -0.15) is 0 Å². The second kappa shape index (κ2) is 5.62. The van der Waals surface area contributed by atoms with Gasteiger partial charge in [-0.25, -0.2) is 9.67 Å². The van der Waals surface area contributed by atoms with Crippen LogP contribution in [0.15, 0.2) is 52.4 Å². The average Bonchev–Trinajstić information content (AvgIpc) is 3.16. The van der Waals surface area contributed by atoms with Crippen LogP contribution in [0.4, 0.5) is 0 Å². The molecule has 2 aliphatic rings. The molecular weight excluding hydrogens is 310 g/mol. The zero-order valence-electron chi connectivity index (χ0n) is 14.2. The van der Waals surface area contributed by atoms with Crippen LogP contribution in [-0.4, -0.2) is 33.1 Å². The molecule has 0 saturated heterocycles. The van der Waals surface area contributed by atoms with Crippen molar-refractivity contribution in [2.45, 2.75) is 26.3 Å². The summed E-state index contributed by atoms with van der Waals surface area (Å²) in [5.41, 5.74) is 6.42. The SMILES string of the molecule is Cc1ccccc1C1=NCC(c2ccc3c(c2)nnn3CC2CC2)=N1. The quantitative estimate of drug-likeness (QED) is 0.736. The fourth-order valence-corrected chi connectivity index (χ4v) is 3.30. The van der Waals surface area contributed by atoms with Gasteiger partial charge in [-0.1, -0.05) is 35.5 Å². The summed E-state index contributed by atoms with van der Waals surface area (Å²) in [7, 11) is 0. The summed E-state index contributed by atoms with van der Waals surface area (Å²) in [5, 5.41) is 8.66. The summed E-state index contributed by atoms with van der Waals surface area (Å²) in [5.74, 6) is 1.61. The molecule has 0 bridgehead atoms. The second-order valence-corrected chi connectivity index (χ2v) is 6.93. The molecule has 0 radical (unpaired) electrons. The minimum absolute atomic E-state index is 0.616. The number of aromatic nitrogens is 3. The highest BCUT2D eigenvalue weighted by Crippen LogP contribution is 2.31. The smallest absolute Gasteiger partial charge is 0.155 e. The summed E-state index contributed by atoms with van der Waals surface area (Å²) in [6.07, 6.45) is 2.63. The Hall–Kier alpha value is -2.82. The van der Waals surface area contributed by atoms with Crippen molar-refractivity contribution >= 4 is 22.6 Å². The Morgan fingerprint density at radius 3 is 2.84 bits per heavy atom. The summed E-state index contributed by atoms with van der Waals surface area (Å²) >= 11 is 0. The van der Waals surface area contributed by atoms with E-state index in [1.54, 1.807) is 0 Å². The minimum Gasteiger partial charge on any atom is -0.260 e. The highest BCUT2D eigenvalue weighted by atomic mass is 15.4. The van der Waals surface area contributed by atoms with E-state index >= 15 is 0 Å². The predicted molar refractivity (Wildman–Crippen MR) is 99.4 cm³/mol. The van der Waals surface area contributed by atoms with Crippen LogP contribution in [-0.2, 0) is 6.54 Å². The molecule has 2 heterocycles. The molecule has 2 aromatic carbocycles. The molecule has 1 fully saturated rings. The minimum atomic E-state index is 0.616. The van der Waals surface area contributed by atoms with Crippen LogP contribution < -0.4 is 0 Å². The number of amidine groups is 1. The Morgan fingerprint density at radius 2 is 2.00 bits per heavy atom. The van der Waals surface area contributed by atoms with Crippen LogP contribution in [0.25, 0.3) is 11.0 Å². The lowest BCUT2D eigenvalue weighted by molar-refractivity contribution is 0.559. The standard InChI is InChI=1S/C20H19N5/c1-13-4-2-3-5-16(13)20-21-11-18(22-20)15-8-9-19-17(10-15)23-24-25(19)12-14-6-7-14/h2-5,8-10,14H,6-7,11-12H2,1H3. The van der Waals surface area contributed by atoms with E-state index in [2.05, 4.69) is 52.6 Å². The molecule has 1 aromatic heterocycles. The van der Waals surface area contributed by atoms with Gasteiger partial charge < -0.3 is 0 Å². The van der Waals surface area contributed by atoms with E-state index in [1.807, 2.05) is 16.8 Å². The van der Waals surface area contributed by atoms with E-state index in [0.717, 1.165) is 46.2 Å². The van der Waals surface area contributed by atoms with Gasteiger partial charge in [0.1, 0.15) is 5.52 Å². The van der Waals surface area contributed by atoms with E-state index in [-0.39, 0.29) is 0 Å². The average molecular weight is 329 g/mol. The Bertz CT molecular complexity index is 1020. The Morgan fingerprint density at radius 1 is 1.12 bits per heavy atom. The molecular formula is C20H19N5. The molecule has 5 rings (SSSR count). The number of fused-ring (bicyclic) bond motifs is 1. The summed E-state index contributed by atoms with van der Waals surface area (Å²) in [4.78, 5) is 9.40. The predicted octanol–water partition coefficient (Wildman–Crippen LogP) is 3.40. The molecule has 0 atom stereocenters. The number of hydrogen-bond donors (Lipinski definition) is 0. The topological polar surface area (TPSA) is 55.4 Å². The van der Waals surface area contributed by atoms with Crippen molar-refractivity contribution in [2.24, 2.45) is 15.9 Å². The first-order chi connectivity index (χ1) is 12.3. The maximum Gasteiger partial charge on any atom is 0.155 e. The first-order valence-electron chi connectivity index (χ1n) is 8.79. The fourth-order valence-electron chi connectivity index (χ4n) is 3.30. The molecule has 5 heteroatoms. The largest absolute Gasteiger partial charge is 0.260 e. The van der Waals surface area contributed by atoms with Gasteiger partial charge in [-0.3, -0.25) is 4.99 Å². The first kappa shape index (κ1) is 14.5. The van der Waals surface area contributed by atoms with Crippen LogP contribution in [0.3, 0.4) is 0 Å². The fraction of sp³-hybridized carbons (Fsp3) is 0.300. The molecule has 5 nitrogen and oxygen atoms in total. The highest BCUT2D eigenvalue weighted by Gasteiger charge is 2.23. The Labute approximate surface area is 146 Å². The van der Waals surface area contributed by atoms with E-state index in [9.17, 15) is 0 Å². The number of hydrogen-bond acceptors (Lipinski definition) is 4. The van der Waals surface area contributed by atoms with Crippen LogP contribution in [0.5, 0.6) is 0 Å². The van der Waals surface area contributed by atoms with Crippen LogP contribution in [0.1, 0.15) is 29.5 Å². The van der Waals surface area contributed by atoms with Gasteiger partial charge in [0.2, 0.25) is 0 Å². The first-order valence-corrected chi connectivity index (χ1v) is 8.79. The number of aryl methyl sites for hydroxylation is 1. The van der Waals surface area contributed by atoms with E-state index in [4.69, 9.17) is 4.99 Å². The van der Waals surface area contributed by atoms with Gasteiger partial charge in [0.15, 0.2) is 5.84 Å². The monoisotopic (exact) mass is 329 g/mol. The lowest BCUT2D eigenvalue weighted by Gasteiger charge is -2.03. The third-order valence-electron chi connectivity index (χ3n) is 4.98. The third kappa shape index (κ3) is 2.65. The van der Waals surface area contributed by atoms with Gasteiger partial charge in [0.05, 0.1) is 17.8 Å². The molecule has 1 aliphatic carbocycles. The van der Waals surface area contributed by atoms with Crippen molar-refractivity contribution in [1.29, 1.82) is 0 Å². The van der Waals surface area contributed by atoms with E-state index in [0.29, 0.717) is 6.54 Å². The van der Waals surface area contributed by atoms with E-state index in [1.165, 1.54) is 18.4 Å². The van der Waals surface area contributed by atoms with Gasteiger partial charge in [0, 0.05) is 17.7 Å². The van der Waals surface area contributed by atoms with Crippen molar-refractivity contribution < 1.29 is 0 Å². The zero-order chi connectivity index (χ0) is 16.8. The summed E-state index contributed by atoms with van der Waals surface area (Å²) < 4.78 is 2.03. The maximum absolute atomic E-state index is 4.77. The van der Waals surface area contributed by atoms with Crippen molar-refractivity contribution in [3.63, 3.8) is 0 Å². The van der Waals surface area contributed by atoms with Crippen molar-refractivity contribution in [1.82, 2.24) is 15.0 Å². The van der Waals surface area contributed by atoms with Gasteiger partial charge in [0.25, 0.3) is 0 Å². The van der Waals surface area contributed by atoms with Crippen molar-refractivity contribution in [3.05, 3.63) is 59.2 Å². The zero-order valence-corrected chi connectivity index (χ0v) is 14.2. The lowest BCUT2D eigenvalue weighted by Crippen LogP contribution is -2.03. The van der Waals surface area contributed by atoms with Crippen molar-refractivity contribution in [3.8, 4) is 0 Å². The Balaban J connectivity index is 1.46. The van der Waals surface area contributed by atoms with Crippen LogP contribution >= 0.6 is 0 Å². The molecule has 0 amide bonds. The van der Waals surface area contributed by atoms with E-state index < -0.39 is 0 Å². The lowest BCUT2D eigenvalue weighted by atomic mass is 10.1. The van der Waals surface area contributed by atoms with Gasteiger partial charge in [-0.15, -0.1) is 5.10 Å². The Kier molecular flexibility index (Phi) is 3.26. The number of aliphatic imine (C=N–C) groups is 2. The maximum atomic E-state index is 4.77. The molecule has 25 heavy (non-hydrogen) atoms. The summed E-state index contributed by atoms with van der Waals surface area (Å²) in [6, 6.07) is 14.6. The van der Waals surface area contributed by atoms with Crippen LogP contribution in [0, 0.1) is 12.8 Å². The molecule has 0 spiro atoms.